The van der Waals surface area contributed by atoms with Crippen LogP contribution < -0.4 is 5.32 Å². The topological polar surface area (TPSA) is 67.8 Å². The highest BCUT2D eigenvalue weighted by atomic mass is 16.1. The fourth-order valence-electron chi connectivity index (χ4n) is 2.16. The molecule has 0 fully saturated rings. The van der Waals surface area contributed by atoms with Crippen molar-refractivity contribution in [3.05, 3.63) is 72.8 Å². The summed E-state index contributed by atoms with van der Waals surface area (Å²) >= 11 is 0. The van der Waals surface area contributed by atoms with E-state index in [2.05, 4.69) is 20.3 Å². The third-order valence-electron chi connectivity index (χ3n) is 3.33. The molecule has 2 aromatic heterocycles. The quantitative estimate of drug-likeness (QED) is 0.786. The van der Waals surface area contributed by atoms with Gasteiger partial charge in [-0.25, -0.2) is 9.97 Å². The fraction of sp³-hybridized carbons (Fsp3) is 0.111. The van der Waals surface area contributed by atoms with E-state index in [0.29, 0.717) is 24.4 Å². The van der Waals surface area contributed by atoms with Crippen molar-refractivity contribution in [1.82, 2.24) is 15.0 Å². The van der Waals surface area contributed by atoms with Crippen LogP contribution in [0.3, 0.4) is 0 Å². The van der Waals surface area contributed by atoms with E-state index in [1.807, 2.05) is 42.5 Å². The number of carbonyl (C=O) groups excluding carboxylic acids is 1. The number of rotatable bonds is 5. The number of aryl methyl sites for hydroxylation is 1. The maximum absolute atomic E-state index is 12.0. The van der Waals surface area contributed by atoms with E-state index in [1.54, 1.807) is 24.8 Å². The van der Waals surface area contributed by atoms with Crippen molar-refractivity contribution in [2.45, 2.75) is 12.8 Å². The molecule has 3 aromatic rings. The van der Waals surface area contributed by atoms with Gasteiger partial charge in [-0.05, 0) is 18.1 Å². The Morgan fingerprint density at radius 2 is 1.74 bits per heavy atom. The first kappa shape index (κ1) is 14.8. The summed E-state index contributed by atoms with van der Waals surface area (Å²) < 4.78 is 0. The van der Waals surface area contributed by atoms with Gasteiger partial charge in [-0.2, -0.15) is 0 Å². The van der Waals surface area contributed by atoms with Crippen LogP contribution >= 0.6 is 0 Å². The van der Waals surface area contributed by atoms with Crippen molar-refractivity contribution in [1.29, 1.82) is 0 Å². The summed E-state index contributed by atoms with van der Waals surface area (Å²) in [4.78, 5) is 24.6. The van der Waals surface area contributed by atoms with Gasteiger partial charge in [0, 0.05) is 24.4 Å². The normalized spacial score (nSPS) is 10.3. The molecule has 5 heteroatoms. The molecule has 0 unspecified atom stereocenters. The van der Waals surface area contributed by atoms with Gasteiger partial charge in [0.05, 0.1) is 18.1 Å². The van der Waals surface area contributed by atoms with Crippen molar-refractivity contribution < 1.29 is 4.79 Å². The Hall–Kier alpha value is -3.08. The van der Waals surface area contributed by atoms with Crippen LogP contribution in [0.25, 0.3) is 11.4 Å². The van der Waals surface area contributed by atoms with Crippen molar-refractivity contribution in [2.24, 2.45) is 0 Å². The van der Waals surface area contributed by atoms with Gasteiger partial charge in [0.25, 0.3) is 0 Å². The Bertz CT molecular complexity index is 758. The summed E-state index contributed by atoms with van der Waals surface area (Å²) in [6.45, 7) is 0. The number of benzene rings is 1. The molecule has 114 valence electrons. The zero-order valence-corrected chi connectivity index (χ0v) is 12.5. The summed E-state index contributed by atoms with van der Waals surface area (Å²) in [5, 5.41) is 2.81. The van der Waals surface area contributed by atoms with Gasteiger partial charge >= 0.3 is 0 Å². The lowest BCUT2D eigenvalue weighted by molar-refractivity contribution is -0.116. The molecule has 0 aliphatic heterocycles. The summed E-state index contributed by atoms with van der Waals surface area (Å²) in [7, 11) is 0. The van der Waals surface area contributed by atoms with Crippen LogP contribution in [-0.4, -0.2) is 20.9 Å². The second kappa shape index (κ2) is 7.26. The number of nitrogens with one attached hydrogen (secondary N) is 1. The predicted molar refractivity (Wildman–Crippen MR) is 88.7 cm³/mol. The van der Waals surface area contributed by atoms with E-state index >= 15 is 0 Å². The van der Waals surface area contributed by atoms with Crippen LogP contribution in [0.5, 0.6) is 0 Å². The van der Waals surface area contributed by atoms with Crippen molar-refractivity contribution in [3.8, 4) is 11.4 Å². The van der Waals surface area contributed by atoms with Gasteiger partial charge in [-0.3, -0.25) is 9.78 Å². The minimum absolute atomic E-state index is 0.0649. The molecule has 2 heterocycles. The largest absolute Gasteiger partial charge is 0.323 e. The molecular formula is C18H16N4O. The molecule has 0 aliphatic carbocycles. The van der Waals surface area contributed by atoms with Crippen LogP contribution in [0.15, 0.2) is 67.3 Å². The predicted octanol–water partition coefficient (Wildman–Crippen LogP) is 3.11. The van der Waals surface area contributed by atoms with E-state index in [0.717, 1.165) is 11.1 Å². The van der Waals surface area contributed by atoms with Crippen LogP contribution in [-0.2, 0) is 11.2 Å². The lowest BCUT2D eigenvalue weighted by Crippen LogP contribution is -2.12. The lowest BCUT2D eigenvalue weighted by Gasteiger charge is -2.05. The molecule has 5 nitrogen and oxygen atoms in total. The van der Waals surface area contributed by atoms with Crippen LogP contribution in [0.4, 0.5) is 5.69 Å². The fourth-order valence-corrected chi connectivity index (χ4v) is 2.16. The molecular weight excluding hydrogens is 288 g/mol. The minimum atomic E-state index is -0.0649. The SMILES string of the molecule is O=C(CCc1cccnc1)Nc1cnc(-c2ccccc2)nc1. The van der Waals surface area contributed by atoms with E-state index < -0.39 is 0 Å². The maximum atomic E-state index is 12.0. The molecule has 0 aliphatic rings. The third kappa shape index (κ3) is 4.20. The number of carbonyl (C=O) groups is 1. The Kier molecular flexibility index (Phi) is 4.69. The Balaban J connectivity index is 1.57. The third-order valence-corrected chi connectivity index (χ3v) is 3.33. The number of aromatic nitrogens is 3. The first-order chi connectivity index (χ1) is 11.3. The summed E-state index contributed by atoms with van der Waals surface area (Å²) in [6, 6.07) is 13.5. The smallest absolute Gasteiger partial charge is 0.224 e. The molecule has 1 N–H and O–H groups in total. The number of hydrogen-bond acceptors (Lipinski definition) is 4. The van der Waals surface area contributed by atoms with Gasteiger partial charge in [-0.15, -0.1) is 0 Å². The zero-order chi connectivity index (χ0) is 15.9. The van der Waals surface area contributed by atoms with E-state index in [4.69, 9.17) is 0 Å². The van der Waals surface area contributed by atoms with Gasteiger partial charge in [0.1, 0.15) is 0 Å². The highest BCUT2D eigenvalue weighted by molar-refractivity contribution is 5.90. The number of anilines is 1. The second-order valence-corrected chi connectivity index (χ2v) is 5.07. The zero-order valence-electron chi connectivity index (χ0n) is 12.5. The minimum Gasteiger partial charge on any atom is -0.323 e. The molecule has 1 aromatic carbocycles. The molecule has 0 saturated heterocycles. The Labute approximate surface area is 134 Å². The molecule has 0 saturated carbocycles. The highest BCUT2D eigenvalue weighted by Gasteiger charge is 2.05. The van der Waals surface area contributed by atoms with Crippen LogP contribution in [0, 0.1) is 0 Å². The average molecular weight is 304 g/mol. The summed E-state index contributed by atoms with van der Waals surface area (Å²) in [6.07, 6.45) is 7.78. The maximum Gasteiger partial charge on any atom is 0.224 e. The second-order valence-electron chi connectivity index (χ2n) is 5.07. The van der Waals surface area contributed by atoms with Crippen molar-refractivity contribution in [3.63, 3.8) is 0 Å². The van der Waals surface area contributed by atoms with Gasteiger partial charge in [0.15, 0.2) is 5.82 Å². The van der Waals surface area contributed by atoms with E-state index in [9.17, 15) is 4.79 Å². The number of hydrogen-bond donors (Lipinski definition) is 1. The number of nitrogens with zero attached hydrogens (tertiary/aromatic N) is 3. The first-order valence-electron chi connectivity index (χ1n) is 7.37. The molecule has 23 heavy (non-hydrogen) atoms. The van der Waals surface area contributed by atoms with Gasteiger partial charge in [0.2, 0.25) is 5.91 Å². The number of pyridine rings is 1. The summed E-state index contributed by atoms with van der Waals surface area (Å²) in [5.74, 6) is 0.573. The van der Waals surface area contributed by atoms with Gasteiger partial charge in [-0.1, -0.05) is 36.4 Å². The monoisotopic (exact) mass is 304 g/mol. The first-order valence-corrected chi connectivity index (χ1v) is 7.37. The van der Waals surface area contributed by atoms with E-state index in [-0.39, 0.29) is 5.91 Å². The number of amides is 1. The van der Waals surface area contributed by atoms with Crippen LogP contribution in [0.2, 0.25) is 0 Å². The molecule has 0 spiro atoms. The van der Waals surface area contributed by atoms with Crippen molar-refractivity contribution >= 4 is 11.6 Å². The molecule has 0 radical (unpaired) electrons. The van der Waals surface area contributed by atoms with Crippen LogP contribution in [0.1, 0.15) is 12.0 Å². The molecule has 1 amide bonds. The standard InChI is InChI=1S/C18H16N4O/c23-17(9-8-14-5-4-10-19-11-14)22-16-12-20-18(21-13-16)15-6-2-1-3-7-15/h1-7,10-13H,8-9H2,(H,22,23). The van der Waals surface area contributed by atoms with Gasteiger partial charge < -0.3 is 5.32 Å². The molecule has 0 bridgehead atoms. The van der Waals surface area contributed by atoms with E-state index in [1.165, 1.54) is 0 Å². The Morgan fingerprint density at radius 3 is 2.43 bits per heavy atom. The average Bonchev–Trinajstić information content (AvgIpc) is 2.62. The molecule has 3 rings (SSSR count). The molecule has 0 atom stereocenters. The Morgan fingerprint density at radius 1 is 0.957 bits per heavy atom. The van der Waals surface area contributed by atoms with Crippen molar-refractivity contribution in [2.75, 3.05) is 5.32 Å². The highest BCUT2D eigenvalue weighted by Crippen LogP contribution is 2.15. The summed E-state index contributed by atoms with van der Waals surface area (Å²) in [5.41, 5.74) is 2.58. The lowest BCUT2D eigenvalue weighted by atomic mass is 10.1.